The van der Waals surface area contributed by atoms with Gasteiger partial charge in [0.15, 0.2) is 0 Å². The van der Waals surface area contributed by atoms with Crippen LogP contribution in [0.4, 0.5) is 0 Å². The molecule has 0 saturated carbocycles. The Labute approximate surface area is 150 Å². The first-order valence-corrected chi connectivity index (χ1v) is 9.00. The van der Waals surface area contributed by atoms with Gasteiger partial charge in [0.1, 0.15) is 5.75 Å². The molecule has 0 aliphatic carbocycles. The number of aromatic nitrogens is 1. The number of methoxy groups -OCH3 is 1. The Bertz CT molecular complexity index is 1090. The van der Waals surface area contributed by atoms with Crippen molar-refractivity contribution in [2.75, 3.05) is 7.11 Å². The number of nitrogens with zero attached hydrogens (tertiary/aromatic N) is 2. The molecule has 2 aromatic carbocycles. The summed E-state index contributed by atoms with van der Waals surface area (Å²) in [4.78, 5) is 0.179. The van der Waals surface area contributed by atoms with E-state index in [9.17, 15) is 8.42 Å². The van der Waals surface area contributed by atoms with E-state index in [1.54, 1.807) is 36.4 Å². The van der Waals surface area contributed by atoms with Crippen LogP contribution in [-0.2, 0) is 10.0 Å². The highest BCUT2D eigenvalue weighted by molar-refractivity contribution is 7.90. The molecule has 0 atom stereocenters. The molecule has 0 spiro atoms. The van der Waals surface area contributed by atoms with E-state index in [4.69, 9.17) is 15.9 Å². The number of benzene rings is 2. The molecule has 8 nitrogen and oxygen atoms in total. The normalized spacial score (nSPS) is 11.7. The number of nitrogens with two attached hydrogens (primary N) is 1. The Morgan fingerprint density at radius 1 is 1.27 bits per heavy atom. The van der Waals surface area contributed by atoms with Gasteiger partial charge in [-0.3, -0.25) is 5.41 Å². The van der Waals surface area contributed by atoms with Crippen molar-refractivity contribution in [3.63, 3.8) is 0 Å². The minimum absolute atomic E-state index is 0.179. The van der Waals surface area contributed by atoms with Gasteiger partial charge in [-0.05, 0) is 30.3 Å². The Morgan fingerprint density at radius 3 is 2.65 bits per heavy atom. The van der Waals surface area contributed by atoms with Crippen LogP contribution in [0.15, 0.2) is 64.7 Å². The highest BCUT2D eigenvalue weighted by atomic mass is 32.2. The van der Waals surface area contributed by atoms with Crippen LogP contribution in [0.2, 0.25) is 0 Å². The molecule has 0 bridgehead atoms. The molecule has 1 heterocycles. The molecule has 0 aliphatic heterocycles. The van der Waals surface area contributed by atoms with Crippen LogP contribution >= 0.6 is 0 Å². The number of hydrazone groups is 1. The van der Waals surface area contributed by atoms with Crippen LogP contribution in [0.25, 0.3) is 10.9 Å². The van der Waals surface area contributed by atoms with E-state index in [0.717, 1.165) is 0 Å². The monoisotopic (exact) mass is 371 g/mol. The Morgan fingerprint density at radius 2 is 2.00 bits per heavy atom. The molecule has 0 unspecified atom stereocenters. The van der Waals surface area contributed by atoms with E-state index in [1.165, 1.54) is 35.6 Å². The summed E-state index contributed by atoms with van der Waals surface area (Å²) in [5, 5.41) is 11.6. The third-order valence-corrected chi connectivity index (χ3v) is 5.39. The molecule has 26 heavy (non-hydrogen) atoms. The van der Waals surface area contributed by atoms with Gasteiger partial charge in [0.25, 0.3) is 10.0 Å². The molecule has 0 aliphatic rings. The Kier molecular flexibility index (Phi) is 4.63. The second-order valence-corrected chi connectivity index (χ2v) is 7.18. The first kappa shape index (κ1) is 17.5. The van der Waals surface area contributed by atoms with Crippen LogP contribution in [0.5, 0.6) is 5.75 Å². The van der Waals surface area contributed by atoms with E-state index < -0.39 is 10.0 Å². The van der Waals surface area contributed by atoms with Gasteiger partial charge in [-0.1, -0.05) is 18.2 Å². The average Bonchev–Trinajstić information content (AvgIpc) is 3.01. The van der Waals surface area contributed by atoms with Crippen molar-refractivity contribution in [1.29, 1.82) is 5.41 Å². The minimum Gasteiger partial charge on any atom is -0.497 e. The molecule has 1 aromatic heterocycles. The molecule has 0 amide bonds. The van der Waals surface area contributed by atoms with Crippen molar-refractivity contribution in [3.8, 4) is 5.75 Å². The second-order valence-electron chi connectivity index (χ2n) is 5.37. The van der Waals surface area contributed by atoms with E-state index in [1.807, 2.05) is 0 Å². The zero-order valence-corrected chi connectivity index (χ0v) is 14.7. The zero-order valence-electron chi connectivity index (χ0n) is 13.9. The zero-order chi connectivity index (χ0) is 18.7. The minimum atomic E-state index is -3.78. The van der Waals surface area contributed by atoms with E-state index in [0.29, 0.717) is 22.2 Å². The van der Waals surface area contributed by atoms with Crippen LogP contribution < -0.4 is 15.9 Å². The van der Waals surface area contributed by atoms with E-state index in [-0.39, 0.29) is 10.9 Å². The number of guanidine groups is 1. The third kappa shape index (κ3) is 3.24. The van der Waals surface area contributed by atoms with Gasteiger partial charge in [0, 0.05) is 17.1 Å². The quantitative estimate of drug-likeness (QED) is 0.358. The molecule has 3 aromatic rings. The largest absolute Gasteiger partial charge is 0.497 e. The maximum atomic E-state index is 13.0. The lowest BCUT2D eigenvalue weighted by Crippen LogP contribution is -2.25. The summed E-state index contributed by atoms with van der Waals surface area (Å²) in [7, 11) is -2.25. The molecular weight excluding hydrogens is 354 g/mol. The Hall–Kier alpha value is -3.33. The number of fused-ring (bicyclic) bond motifs is 1. The van der Waals surface area contributed by atoms with Crippen LogP contribution in [0.1, 0.15) is 5.56 Å². The lowest BCUT2D eigenvalue weighted by molar-refractivity contribution is 0.415. The van der Waals surface area contributed by atoms with Crippen molar-refractivity contribution >= 4 is 33.1 Å². The standard InChI is InChI=1S/C17H17N5O3S/c1-25-13-7-8-16-15(9-13)12(10-20-21-17(18)19)11-22(16)26(23,24)14-5-3-2-4-6-14/h2-11H,1H3,(H4,18,19,21). The fourth-order valence-electron chi connectivity index (χ4n) is 2.51. The van der Waals surface area contributed by atoms with E-state index in [2.05, 4.69) is 10.5 Å². The van der Waals surface area contributed by atoms with Gasteiger partial charge in [0.05, 0.1) is 23.7 Å². The summed E-state index contributed by atoms with van der Waals surface area (Å²) in [6, 6.07) is 13.2. The SMILES string of the molecule is COc1ccc2c(c1)c(C=NNC(=N)N)cn2S(=O)(=O)c1ccccc1. The predicted molar refractivity (Wildman–Crippen MR) is 100 cm³/mol. The van der Waals surface area contributed by atoms with Crippen molar-refractivity contribution in [1.82, 2.24) is 9.40 Å². The number of hydrogen-bond donors (Lipinski definition) is 3. The molecule has 0 saturated heterocycles. The fraction of sp³-hybridized carbons (Fsp3) is 0.0588. The van der Waals surface area contributed by atoms with Gasteiger partial charge in [-0.15, -0.1) is 0 Å². The molecule has 4 N–H and O–H groups in total. The summed E-state index contributed by atoms with van der Waals surface area (Å²) in [6.07, 6.45) is 2.87. The smallest absolute Gasteiger partial charge is 0.268 e. The van der Waals surface area contributed by atoms with Crippen molar-refractivity contribution in [2.24, 2.45) is 10.8 Å². The van der Waals surface area contributed by atoms with Crippen molar-refractivity contribution < 1.29 is 13.2 Å². The maximum Gasteiger partial charge on any atom is 0.268 e. The van der Waals surface area contributed by atoms with Crippen molar-refractivity contribution in [2.45, 2.75) is 4.90 Å². The molecule has 9 heteroatoms. The van der Waals surface area contributed by atoms with E-state index >= 15 is 0 Å². The first-order valence-electron chi connectivity index (χ1n) is 7.56. The maximum absolute atomic E-state index is 13.0. The molecule has 0 fully saturated rings. The summed E-state index contributed by atoms with van der Waals surface area (Å²) in [5.74, 6) is 0.265. The van der Waals surface area contributed by atoms with Crippen LogP contribution in [0, 0.1) is 5.41 Å². The highest BCUT2D eigenvalue weighted by Crippen LogP contribution is 2.28. The number of hydrogen-bond acceptors (Lipinski definition) is 5. The van der Waals surface area contributed by atoms with Gasteiger partial charge >= 0.3 is 0 Å². The summed E-state index contributed by atoms with van der Waals surface area (Å²) in [6.45, 7) is 0. The average molecular weight is 371 g/mol. The third-order valence-electron chi connectivity index (χ3n) is 3.70. The molecule has 3 rings (SSSR count). The highest BCUT2D eigenvalue weighted by Gasteiger charge is 2.21. The second kappa shape index (κ2) is 6.89. The van der Waals surface area contributed by atoms with Gasteiger partial charge < -0.3 is 10.5 Å². The lowest BCUT2D eigenvalue weighted by atomic mass is 10.2. The number of ether oxygens (including phenoxy) is 1. The van der Waals surface area contributed by atoms with Crippen LogP contribution in [0.3, 0.4) is 0 Å². The van der Waals surface area contributed by atoms with Gasteiger partial charge in [-0.25, -0.2) is 17.8 Å². The predicted octanol–water partition coefficient (Wildman–Crippen LogP) is 1.70. The molecule has 134 valence electrons. The first-order chi connectivity index (χ1) is 12.4. The van der Waals surface area contributed by atoms with Crippen molar-refractivity contribution in [3.05, 3.63) is 60.3 Å². The van der Waals surface area contributed by atoms with Gasteiger partial charge in [-0.2, -0.15) is 5.10 Å². The van der Waals surface area contributed by atoms with Gasteiger partial charge in [0.2, 0.25) is 5.96 Å². The summed E-state index contributed by atoms with van der Waals surface area (Å²) < 4.78 is 32.5. The molecule has 0 radical (unpaired) electrons. The number of nitrogens with one attached hydrogen (secondary N) is 2. The Balaban J connectivity index is 2.20. The fourth-order valence-corrected chi connectivity index (χ4v) is 3.91. The summed E-state index contributed by atoms with van der Waals surface area (Å²) in [5.41, 5.74) is 8.53. The number of rotatable bonds is 5. The summed E-state index contributed by atoms with van der Waals surface area (Å²) >= 11 is 0. The lowest BCUT2D eigenvalue weighted by Gasteiger charge is -2.07. The van der Waals surface area contributed by atoms with Crippen LogP contribution in [-0.4, -0.2) is 31.7 Å². The molecular formula is C17H17N5O3S. The topological polar surface area (TPSA) is 123 Å².